The highest BCUT2D eigenvalue weighted by atomic mass is 19.1. The molecule has 1 fully saturated rings. The molecule has 0 atom stereocenters. The number of benzene rings is 1. The van der Waals surface area contributed by atoms with Crippen molar-refractivity contribution in [2.75, 3.05) is 24.5 Å². The van der Waals surface area contributed by atoms with E-state index in [-0.39, 0.29) is 31.1 Å². The van der Waals surface area contributed by atoms with Gasteiger partial charge in [0.05, 0.1) is 6.54 Å². The van der Waals surface area contributed by atoms with Crippen LogP contribution in [0.3, 0.4) is 0 Å². The van der Waals surface area contributed by atoms with Crippen molar-refractivity contribution < 1.29 is 18.0 Å². The van der Waals surface area contributed by atoms with Gasteiger partial charge in [-0.3, -0.25) is 4.79 Å². The molecule has 25 heavy (non-hydrogen) atoms. The van der Waals surface area contributed by atoms with Crippen molar-refractivity contribution in [1.29, 1.82) is 0 Å². The summed E-state index contributed by atoms with van der Waals surface area (Å²) in [5.74, 6) is -0.542. The number of alkyl halides is 1. The number of piperidine rings is 1. The Morgan fingerprint density at radius 1 is 1.36 bits per heavy atom. The summed E-state index contributed by atoms with van der Waals surface area (Å²) in [4.78, 5) is 18.1. The molecule has 0 saturated carbocycles. The van der Waals surface area contributed by atoms with Crippen LogP contribution in [0.2, 0.25) is 0 Å². The van der Waals surface area contributed by atoms with E-state index in [0.717, 1.165) is 0 Å². The molecule has 1 aliphatic rings. The monoisotopic (exact) mass is 351 g/mol. The van der Waals surface area contributed by atoms with Gasteiger partial charge in [-0.2, -0.15) is 4.98 Å². The number of halogens is 2. The van der Waals surface area contributed by atoms with Gasteiger partial charge in [-0.15, -0.1) is 0 Å². The van der Waals surface area contributed by atoms with Gasteiger partial charge < -0.3 is 14.6 Å². The molecule has 2 aromatic rings. The van der Waals surface area contributed by atoms with Crippen LogP contribution in [0.5, 0.6) is 0 Å². The minimum absolute atomic E-state index is 0.00964. The lowest BCUT2D eigenvalue weighted by molar-refractivity contribution is -0.129. The molecule has 0 aliphatic carbocycles. The first-order valence-corrected chi connectivity index (χ1v) is 8.45. The Balaban J connectivity index is 1.61. The molecule has 0 radical (unpaired) electrons. The predicted molar refractivity (Wildman–Crippen MR) is 91.7 cm³/mol. The van der Waals surface area contributed by atoms with Crippen molar-refractivity contribution in [3.63, 3.8) is 0 Å². The number of rotatable bonds is 3. The van der Waals surface area contributed by atoms with Gasteiger partial charge in [0.1, 0.15) is 17.0 Å². The van der Waals surface area contributed by atoms with Crippen molar-refractivity contribution in [2.45, 2.75) is 39.3 Å². The Morgan fingerprint density at radius 3 is 2.68 bits per heavy atom. The van der Waals surface area contributed by atoms with Crippen LogP contribution >= 0.6 is 0 Å². The topological polar surface area (TPSA) is 58.4 Å². The van der Waals surface area contributed by atoms with E-state index >= 15 is 0 Å². The minimum atomic E-state index is -1.43. The lowest BCUT2D eigenvalue weighted by atomic mass is 9.91. The van der Waals surface area contributed by atoms with Crippen LogP contribution in [-0.2, 0) is 4.79 Å². The number of nitrogens with one attached hydrogen (secondary N) is 1. The number of anilines is 1. The van der Waals surface area contributed by atoms with Crippen molar-refractivity contribution in [3.05, 3.63) is 24.0 Å². The van der Waals surface area contributed by atoms with Crippen LogP contribution in [-0.4, -0.2) is 36.2 Å². The van der Waals surface area contributed by atoms with Gasteiger partial charge in [-0.1, -0.05) is 20.8 Å². The number of hydrogen-bond donors (Lipinski definition) is 1. The molecule has 0 bridgehead atoms. The van der Waals surface area contributed by atoms with Gasteiger partial charge in [-0.25, -0.2) is 8.78 Å². The normalized spacial score (nSPS) is 17.7. The third kappa shape index (κ3) is 3.91. The molecular formula is C18H23F2N3O2. The maximum absolute atomic E-state index is 14.9. The zero-order valence-electron chi connectivity index (χ0n) is 14.7. The molecule has 0 spiro atoms. The molecule has 3 rings (SSSR count). The van der Waals surface area contributed by atoms with Crippen LogP contribution < -0.4 is 10.2 Å². The van der Waals surface area contributed by atoms with Crippen LogP contribution in [0.1, 0.15) is 33.6 Å². The summed E-state index contributed by atoms with van der Waals surface area (Å²) in [6.07, 6.45) is 0.537. The van der Waals surface area contributed by atoms with Crippen molar-refractivity contribution in [2.24, 2.45) is 5.41 Å². The quantitative estimate of drug-likeness (QED) is 0.920. The minimum Gasteiger partial charge on any atom is -0.423 e. The maximum atomic E-state index is 14.9. The molecule has 1 aliphatic heterocycles. The van der Waals surface area contributed by atoms with Crippen LogP contribution in [0.15, 0.2) is 22.6 Å². The Hall–Kier alpha value is -2.18. The van der Waals surface area contributed by atoms with Gasteiger partial charge in [-0.05, 0) is 12.1 Å². The largest absolute Gasteiger partial charge is 0.423 e. The summed E-state index contributed by atoms with van der Waals surface area (Å²) in [6.45, 7) is 6.26. The first-order valence-electron chi connectivity index (χ1n) is 8.45. The molecule has 2 heterocycles. The van der Waals surface area contributed by atoms with Gasteiger partial charge in [0.15, 0.2) is 5.58 Å². The molecule has 1 aromatic carbocycles. The first-order chi connectivity index (χ1) is 11.7. The third-order valence-electron chi connectivity index (χ3n) is 4.52. The molecule has 1 aromatic heterocycles. The lowest BCUT2D eigenvalue weighted by Crippen LogP contribution is -2.50. The van der Waals surface area contributed by atoms with E-state index in [9.17, 15) is 13.6 Å². The zero-order valence-corrected chi connectivity index (χ0v) is 14.7. The Morgan fingerprint density at radius 2 is 2.04 bits per heavy atom. The fraction of sp³-hybridized carbons (Fsp3) is 0.556. The Kier molecular flexibility index (Phi) is 4.43. The smallest absolute Gasteiger partial charge is 0.298 e. The second-order valence-corrected chi connectivity index (χ2v) is 7.68. The lowest BCUT2D eigenvalue weighted by Gasteiger charge is -2.36. The molecule has 5 nitrogen and oxygen atoms in total. The molecular weight excluding hydrogens is 328 g/mol. The highest BCUT2D eigenvalue weighted by molar-refractivity contribution is 5.81. The third-order valence-corrected chi connectivity index (χ3v) is 4.52. The number of carbonyl (C=O) groups excluding carboxylic acids is 1. The van der Waals surface area contributed by atoms with E-state index < -0.39 is 11.1 Å². The second kappa shape index (κ2) is 6.28. The first kappa shape index (κ1) is 17.6. The van der Waals surface area contributed by atoms with Crippen LogP contribution in [0, 0.1) is 11.2 Å². The predicted octanol–water partition coefficient (Wildman–Crippen LogP) is 3.44. The number of fused-ring (bicyclic) bond motifs is 1. The number of nitrogens with zero attached hydrogens (tertiary/aromatic N) is 2. The highest BCUT2D eigenvalue weighted by Crippen LogP contribution is 2.31. The van der Waals surface area contributed by atoms with Gasteiger partial charge in [0.25, 0.3) is 6.01 Å². The van der Waals surface area contributed by atoms with Gasteiger partial charge in [0, 0.05) is 37.4 Å². The fourth-order valence-corrected chi connectivity index (χ4v) is 2.80. The molecule has 136 valence electrons. The summed E-state index contributed by atoms with van der Waals surface area (Å²) in [5, 5.41) is 2.70. The summed E-state index contributed by atoms with van der Waals surface area (Å²) in [7, 11) is 0. The van der Waals surface area contributed by atoms with Crippen molar-refractivity contribution in [3.8, 4) is 0 Å². The molecule has 1 N–H and O–H groups in total. The number of aromatic nitrogens is 1. The van der Waals surface area contributed by atoms with Crippen molar-refractivity contribution in [1.82, 2.24) is 10.3 Å². The Labute approximate surface area is 145 Å². The maximum Gasteiger partial charge on any atom is 0.298 e. The van der Waals surface area contributed by atoms with E-state index in [2.05, 4.69) is 10.3 Å². The zero-order chi connectivity index (χ0) is 18.2. The SMILES string of the molecule is CC(C)(C)C(=O)NCC1(F)CCN(c2nc3ccc(F)cc3o2)CC1. The molecule has 1 amide bonds. The van der Waals surface area contributed by atoms with E-state index in [0.29, 0.717) is 30.2 Å². The standard InChI is InChI=1S/C18H23F2N3O2/c1-17(2,3)15(24)21-11-18(20)6-8-23(9-7-18)16-22-13-5-4-12(19)10-14(13)25-16/h4-5,10H,6-9,11H2,1-3H3,(H,21,24). The molecule has 0 unspecified atom stereocenters. The summed E-state index contributed by atoms with van der Waals surface area (Å²) in [6, 6.07) is 4.55. The van der Waals surface area contributed by atoms with Gasteiger partial charge in [0.2, 0.25) is 5.91 Å². The number of hydrogen-bond acceptors (Lipinski definition) is 4. The average Bonchev–Trinajstić information content (AvgIpc) is 2.95. The van der Waals surface area contributed by atoms with Crippen LogP contribution in [0.4, 0.5) is 14.8 Å². The number of carbonyl (C=O) groups is 1. The average molecular weight is 351 g/mol. The fourth-order valence-electron chi connectivity index (χ4n) is 2.80. The van der Waals surface area contributed by atoms with Crippen LogP contribution in [0.25, 0.3) is 11.1 Å². The van der Waals surface area contributed by atoms with E-state index in [4.69, 9.17) is 4.42 Å². The van der Waals surface area contributed by atoms with E-state index in [1.165, 1.54) is 12.1 Å². The van der Waals surface area contributed by atoms with E-state index in [1.807, 2.05) is 4.90 Å². The van der Waals surface area contributed by atoms with Gasteiger partial charge >= 0.3 is 0 Å². The highest BCUT2D eigenvalue weighted by Gasteiger charge is 2.37. The van der Waals surface area contributed by atoms with Crippen molar-refractivity contribution >= 4 is 23.0 Å². The summed E-state index contributed by atoms with van der Waals surface area (Å²) < 4.78 is 33.7. The molecule has 1 saturated heterocycles. The molecule has 7 heteroatoms. The van der Waals surface area contributed by atoms with E-state index in [1.54, 1.807) is 26.8 Å². The summed E-state index contributed by atoms with van der Waals surface area (Å²) in [5.41, 5.74) is -1.02. The summed E-state index contributed by atoms with van der Waals surface area (Å²) >= 11 is 0. The number of oxazole rings is 1. The number of amides is 1. The Bertz CT molecular complexity index is 774. The second-order valence-electron chi connectivity index (χ2n) is 7.68.